The van der Waals surface area contributed by atoms with Gasteiger partial charge in [0.05, 0.1) is 27.9 Å². The maximum absolute atomic E-state index is 5.47. The van der Waals surface area contributed by atoms with Gasteiger partial charge in [-0.25, -0.2) is 0 Å². The quantitative estimate of drug-likeness (QED) is 0.825. The lowest BCUT2D eigenvalue weighted by Gasteiger charge is -2.16. The third-order valence-corrected chi connectivity index (χ3v) is 3.38. The fourth-order valence-corrected chi connectivity index (χ4v) is 2.34. The third-order valence-electron chi connectivity index (χ3n) is 3.38. The molecular formula is C15H23N3O3. The van der Waals surface area contributed by atoms with E-state index in [9.17, 15) is 0 Å². The molecule has 2 N–H and O–H groups in total. The Hall–Kier alpha value is -2.11. The number of ether oxygens (including phenoxy) is 3. The summed E-state index contributed by atoms with van der Waals surface area (Å²) in [6, 6.07) is 4.29. The van der Waals surface area contributed by atoms with Gasteiger partial charge in [-0.15, -0.1) is 0 Å². The summed E-state index contributed by atoms with van der Waals surface area (Å²) < 4.78 is 16.1. The zero-order chi connectivity index (χ0) is 15.2. The van der Waals surface area contributed by atoms with E-state index in [0.29, 0.717) is 23.3 Å². The van der Waals surface area contributed by atoms with Gasteiger partial charge in [0, 0.05) is 18.2 Å². The Balaban J connectivity index is 2.02. The number of benzene rings is 1. The topological polar surface area (TPSA) is 64.1 Å². The van der Waals surface area contributed by atoms with Crippen LogP contribution in [0.3, 0.4) is 0 Å². The molecule has 1 aliphatic rings. The molecule has 1 aromatic carbocycles. The minimum atomic E-state index is 0.406. The molecule has 116 valence electrons. The number of aliphatic imine (C=N–C) groups is 1. The second kappa shape index (κ2) is 7.06. The van der Waals surface area contributed by atoms with E-state index in [-0.39, 0.29) is 0 Å². The largest absolute Gasteiger partial charge is 0.493 e. The number of hydrogen-bond donors (Lipinski definition) is 2. The van der Waals surface area contributed by atoms with E-state index in [0.717, 1.165) is 31.0 Å². The lowest BCUT2D eigenvalue weighted by molar-refractivity contribution is 0.322. The summed E-state index contributed by atoms with van der Waals surface area (Å²) >= 11 is 0. The van der Waals surface area contributed by atoms with E-state index in [2.05, 4.69) is 22.5 Å². The van der Waals surface area contributed by atoms with E-state index in [1.165, 1.54) is 0 Å². The zero-order valence-corrected chi connectivity index (χ0v) is 13.0. The minimum Gasteiger partial charge on any atom is -0.493 e. The van der Waals surface area contributed by atoms with Crippen LogP contribution in [-0.2, 0) is 6.42 Å². The highest BCUT2D eigenvalue weighted by Gasteiger charge is 2.16. The van der Waals surface area contributed by atoms with E-state index in [4.69, 9.17) is 14.2 Å². The fraction of sp³-hybridized carbons (Fsp3) is 0.533. The molecule has 6 heteroatoms. The number of rotatable bonds is 6. The van der Waals surface area contributed by atoms with Crippen LogP contribution < -0.4 is 24.8 Å². The number of methoxy groups -OCH3 is 3. The second-order valence-electron chi connectivity index (χ2n) is 4.90. The second-order valence-corrected chi connectivity index (χ2v) is 4.90. The molecule has 1 aliphatic heterocycles. The van der Waals surface area contributed by atoms with Gasteiger partial charge in [-0.3, -0.25) is 4.99 Å². The fourth-order valence-electron chi connectivity index (χ4n) is 2.34. The van der Waals surface area contributed by atoms with E-state index in [1.807, 2.05) is 12.1 Å². The molecule has 2 rings (SSSR count). The number of hydrogen-bond acceptors (Lipinski definition) is 6. The van der Waals surface area contributed by atoms with Crippen LogP contribution in [0.15, 0.2) is 17.1 Å². The molecule has 1 aromatic rings. The van der Waals surface area contributed by atoms with Crippen LogP contribution in [0.2, 0.25) is 0 Å². The van der Waals surface area contributed by atoms with Gasteiger partial charge in [0.15, 0.2) is 17.5 Å². The van der Waals surface area contributed by atoms with Gasteiger partial charge in [0.2, 0.25) is 5.75 Å². The normalized spacial score (nSPS) is 17.0. The van der Waals surface area contributed by atoms with Crippen LogP contribution in [0, 0.1) is 0 Å². The lowest BCUT2D eigenvalue weighted by Crippen LogP contribution is -2.38. The van der Waals surface area contributed by atoms with E-state index >= 15 is 0 Å². The SMILES string of the molecule is COc1ccc(CCNC2=NCC(C)N2)c(OC)c1OC. The molecule has 0 saturated heterocycles. The van der Waals surface area contributed by atoms with Crippen molar-refractivity contribution in [3.05, 3.63) is 17.7 Å². The van der Waals surface area contributed by atoms with E-state index in [1.54, 1.807) is 21.3 Å². The Morgan fingerprint density at radius 1 is 1.19 bits per heavy atom. The molecule has 1 heterocycles. The van der Waals surface area contributed by atoms with Crippen LogP contribution in [0.4, 0.5) is 0 Å². The van der Waals surface area contributed by atoms with Gasteiger partial charge >= 0.3 is 0 Å². The van der Waals surface area contributed by atoms with Crippen molar-refractivity contribution in [3.8, 4) is 17.2 Å². The van der Waals surface area contributed by atoms with Crippen molar-refractivity contribution in [1.29, 1.82) is 0 Å². The summed E-state index contributed by atoms with van der Waals surface area (Å²) in [5, 5.41) is 6.56. The molecule has 0 aliphatic carbocycles. The molecule has 0 saturated carbocycles. The molecule has 0 spiro atoms. The minimum absolute atomic E-state index is 0.406. The van der Waals surface area contributed by atoms with Crippen LogP contribution in [0.5, 0.6) is 17.2 Å². The van der Waals surface area contributed by atoms with Crippen LogP contribution >= 0.6 is 0 Å². The van der Waals surface area contributed by atoms with Gasteiger partial charge in [-0.05, 0) is 19.4 Å². The van der Waals surface area contributed by atoms with Gasteiger partial charge in [0.25, 0.3) is 0 Å². The molecule has 0 fully saturated rings. The first-order chi connectivity index (χ1) is 10.2. The smallest absolute Gasteiger partial charge is 0.203 e. The van der Waals surface area contributed by atoms with Crippen molar-refractivity contribution in [3.63, 3.8) is 0 Å². The molecule has 1 unspecified atom stereocenters. The van der Waals surface area contributed by atoms with Crippen molar-refractivity contribution in [2.45, 2.75) is 19.4 Å². The standard InChI is InChI=1S/C15H23N3O3/c1-10-9-17-15(18-10)16-8-7-11-5-6-12(19-2)14(21-4)13(11)20-3/h5-6,10H,7-9H2,1-4H3,(H2,16,17,18). The maximum Gasteiger partial charge on any atom is 0.203 e. The summed E-state index contributed by atoms with van der Waals surface area (Å²) in [5.74, 6) is 2.87. The zero-order valence-electron chi connectivity index (χ0n) is 13.0. The maximum atomic E-state index is 5.47. The number of nitrogens with one attached hydrogen (secondary N) is 2. The van der Waals surface area contributed by atoms with Crippen molar-refractivity contribution >= 4 is 5.96 Å². The highest BCUT2D eigenvalue weighted by Crippen LogP contribution is 2.39. The Labute approximate surface area is 125 Å². The van der Waals surface area contributed by atoms with Gasteiger partial charge in [0.1, 0.15) is 0 Å². The predicted molar refractivity (Wildman–Crippen MR) is 82.7 cm³/mol. The molecule has 6 nitrogen and oxygen atoms in total. The van der Waals surface area contributed by atoms with Crippen LogP contribution in [0.1, 0.15) is 12.5 Å². The van der Waals surface area contributed by atoms with Crippen molar-refractivity contribution in [1.82, 2.24) is 10.6 Å². The van der Waals surface area contributed by atoms with E-state index < -0.39 is 0 Å². The molecule has 1 atom stereocenters. The lowest BCUT2D eigenvalue weighted by atomic mass is 10.1. The number of nitrogens with zero attached hydrogens (tertiary/aromatic N) is 1. The predicted octanol–water partition coefficient (Wildman–Crippen LogP) is 1.19. The summed E-state index contributed by atoms with van der Waals surface area (Å²) in [4.78, 5) is 4.37. The molecule has 0 bridgehead atoms. The van der Waals surface area contributed by atoms with Crippen molar-refractivity contribution < 1.29 is 14.2 Å². The van der Waals surface area contributed by atoms with Gasteiger partial charge in [-0.1, -0.05) is 6.07 Å². The summed E-state index contributed by atoms with van der Waals surface area (Å²) in [6.45, 7) is 3.70. The molecule has 0 radical (unpaired) electrons. The molecule has 0 amide bonds. The van der Waals surface area contributed by atoms with Crippen molar-refractivity contribution in [2.24, 2.45) is 4.99 Å². The highest BCUT2D eigenvalue weighted by molar-refractivity contribution is 5.81. The van der Waals surface area contributed by atoms with Gasteiger partial charge in [-0.2, -0.15) is 0 Å². The Morgan fingerprint density at radius 3 is 2.52 bits per heavy atom. The molecule has 0 aromatic heterocycles. The average molecular weight is 293 g/mol. The summed E-state index contributed by atoms with van der Waals surface area (Å²) in [6.07, 6.45) is 0.804. The Bertz CT molecular complexity index is 517. The van der Waals surface area contributed by atoms with Crippen molar-refractivity contribution in [2.75, 3.05) is 34.4 Å². The molecular weight excluding hydrogens is 270 g/mol. The first kappa shape index (κ1) is 15.3. The van der Waals surface area contributed by atoms with Gasteiger partial charge < -0.3 is 24.8 Å². The summed E-state index contributed by atoms with van der Waals surface area (Å²) in [5.41, 5.74) is 1.06. The average Bonchev–Trinajstić information content (AvgIpc) is 2.91. The monoisotopic (exact) mass is 293 g/mol. The number of guanidine groups is 1. The summed E-state index contributed by atoms with van der Waals surface area (Å²) in [7, 11) is 4.86. The first-order valence-corrected chi connectivity index (χ1v) is 7.02. The highest BCUT2D eigenvalue weighted by atomic mass is 16.5. The Kier molecular flexibility index (Phi) is 5.14. The van der Waals surface area contributed by atoms with Crippen LogP contribution in [0.25, 0.3) is 0 Å². The third kappa shape index (κ3) is 3.51. The molecule has 21 heavy (non-hydrogen) atoms. The van der Waals surface area contributed by atoms with Crippen LogP contribution in [-0.4, -0.2) is 46.4 Å². The first-order valence-electron chi connectivity index (χ1n) is 7.02. The Morgan fingerprint density at radius 2 is 1.95 bits per heavy atom.